The predicted molar refractivity (Wildman–Crippen MR) is 90.3 cm³/mol. The fraction of sp³-hybridized carbons (Fsp3) is 0.389. The number of benzene rings is 1. The summed E-state index contributed by atoms with van der Waals surface area (Å²) in [5.41, 5.74) is 2.25. The van der Waals surface area contributed by atoms with Crippen molar-refractivity contribution in [2.24, 2.45) is 0 Å². The lowest BCUT2D eigenvalue weighted by Gasteiger charge is -2.32. The Bertz CT molecular complexity index is 651. The summed E-state index contributed by atoms with van der Waals surface area (Å²) < 4.78 is 0. The number of nitrogens with one attached hydrogen (secondary N) is 1. The number of amides is 1. The highest BCUT2D eigenvalue weighted by Gasteiger charge is 2.22. The van der Waals surface area contributed by atoms with Crippen LogP contribution in [0.2, 0.25) is 0 Å². The number of carbonyl (C=O) groups excluding carboxylic acids is 1. The van der Waals surface area contributed by atoms with E-state index in [1.807, 2.05) is 31.2 Å². The Kier molecular flexibility index (Phi) is 4.86. The molecule has 0 atom stereocenters. The van der Waals surface area contributed by atoms with Crippen molar-refractivity contribution in [3.63, 3.8) is 0 Å². The number of hydrogen-bond donors (Lipinski definition) is 1. The number of rotatable bonds is 4. The molecule has 1 amide bonds. The summed E-state index contributed by atoms with van der Waals surface area (Å²) >= 11 is 0. The van der Waals surface area contributed by atoms with Crippen molar-refractivity contribution < 1.29 is 4.79 Å². The van der Waals surface area contributed by atoms with Crippen LogP contribution in [0.15, 0.2) is 42.7 Å². The number of hydrogen-bond acceptors (Lipinski definition) is 4. The maximum absolute atomic E-state index is 12.2. The summed E-state index contributed by atoms with van der Waals surface area (Å²) in [7, 11) is 0. The van der Waals surface area contributed by atoms with Gasteiger partial charge in [0.1, 0.15) is 0 Å². The fourth-order valence-electron chi connectivity index (χ4n) is 2.96. The van der Waals surface area contributed by atoms with Crippen LogP contribution in [0.4, 0.5) is 5.95 Å². The van der Waals surface area contributed by atoms with Gasteiger partial charge in [-0.2, -0.15) is 0 Å². The van der Waals surface area contributed by atoms with E-state index >= 15 is 0 Å². The Morgan fingerprint density at radius 2 is 1.96 bits per heavy atom. The molecular formula is C18H22N4O. The van der Waals surface area contributed by atoms with Gasteiger partial charge in [-0.25, -0.2) is 9.97 Å². The van der Waals surface area contributed by atoms with Crippen molar-refractivity contribution in [3.05, 3.63) is 53.9 Å². The standard InChI is InChI=1S/C18H22N4O/c1-14-4-2-5-15(12-14)13-17(23)21-16-6-10-22(11-7-16)18-19-8-3-9-20-18/h2-5,8-9,12,16H,6-7,10-11,13H2,1H3,(H,21,23). The largest absolute Gasteiger partial charge is 0.353 e. The molecule has 1 aromatic heterocycles. The quantitative estimate of drug-likeness (QED) is 0.940. The number of nitrogens with zero attached hydrogens (tertiary/aromatic N) is 3. The molecule has 0 bridgehead atoms. The Morgan fingerprint density at radius 1 is 1.22 bits per heavy atom. The molecule has 1 saturated heterocycles. The van der Waals surface area contributed by atoms with Crippen molar-refractivity contribution >= 4 is 11.9 Å². The monoisotopic (exact) mass is 310 g/mol. The summed E-state index contributed by atoms with van der Waals surface area (Å²) in [6.45, 7) is 3.79. The Labute approximate surface area is 136 Å². The van der Waals surface area contributed by atoms with Crippen molar-refractivity contribution in [1.29, 1.82) is 0 Å². The van der Waals surface area contributed by atoms with Gasteiger partial charge in [-0.3, -0.25) is 4.79 Å². The zero-order chi connectivity index (χ0) is 16.1. The Balaban J connectivity index is 1.48. The minimum Gasteiger partial charge on any atom is -0.353 e. The molecule has 1 fully saturated rings. The third-order valence-corrected chi connectivity index (χ3v) is 4.14. The molecule has 5 nitrogen and oxygen atoms in total. The molecular weight excluding hydrogens is 288 g/mol. The van der Waals surface area contributed by atoms with Crippen molar-refractivity contribution in [1.82, 2.24) is 15.3 Å². The highest BCUT2D eigenvalue weighted by molar-refractivity contribution is 5.78. The topological polar surface area (TPSA) is 58.1 Å². The van der Waals surface area contributed by atoms with E-state index in [1.165, 1.54) is 5.56 Å². The summed E-state index contributed by atoms with van der Waals surface area (Å²) in [5, 5.41) is 3.15. The highest BCUT2D eigenvalue weighted by Crippen LogP contribution is 2.15. The highest BCUT2D eigenvalue weighted by atomic mass is 16.1. The van der Waals surface area contributed by atoms with E-state index in [0.29, 0.717) is 6.42 Å². The molecule has 1 aliphatic rings. The van der Waals surface area contributed by atoms with Crippen LogP contribution >= 0.6 is 0 Å². The third-order valence-electron chi connectivity index (χ3n) is 4.14. The molecule has 120 valence electrons. The normalized spacial score (nSPS) is 15.4. The Morgan fingerprint density at radius 3 is 2.65 bits per heavy atom. The first kappa shape index (κ1) is 15.5. The van der Waals surface area contributed by atoms with Gasteiger partial charge in [0.05, 0.1) is 6.42 Å². The van der Waals surface area contributed by atoms with Crippen molar-refractivity contribution in [2.45, 2.75) is 32.2 Å². The van der Waals surface area contributed by atoms with Gasteiger partial charge in [0, 0.05) is 31.5 Å². The summed E-state index contributed by atoms with van der Waals surface area (Å²) in [5.74, 6) is 0.877. The molecule has 1 N–H and O–H groups in total. The fourth-order valence-corrected chi connectivity index (χ4v) is 2.96. The lowest BCUT2D eigenvalue weighted by atomic mass is 10.0. The molecule has 0 radical (unpaired) electrons. The predicted octanol–water partition coefficient (Wildman–Crippen LogP) is 2.11. The number of aromatic nitrogens is 2. The maximum atomic E-state index is 12.2. The number of aryl methyl sites for hydroxylation is 1. The van der Waals surface area contributed by atoms with Crippen LogP contribution in [0, 0.1) is 6.92 Å². The average Bonchev–Trinajstić information content (AvgIpc) is 2.56. The smallest absolute Gasteiger partial charge is 0.225 e. The van der Waals surface area contributed by atoms with Gasteiger partial charge in [0.2, 0.25) is 11.9 Å². The molecule has 0 spiro atoms. The second-order valence-corrected chi connectivity index (χ2v) is 6.04. The summed E-state index contributed by atoms with van der Waals surface area (Å²) in [6, 6.07) is 10.2. The average molecular weight is 310 g/mol. The van der Waals surface area contributed by atoms with Gasteiger partial charge in [0.25, 0.3) is 0 Å². The van der Waals surface area contributed by atoms with Crippen LogP contribution in [0.3, 0.4) is 0 Å². The molecule has 0 aliphatic carbocycles. The maximum Gasteiger partial charge on any atom is 0.225 e. The minimum absolute atomic E-state index is 0.102. The first-order valence-corrected chi connectivity index (χ1v) is 8.07. The number of carbonyl (C=O) groups is 1. The van der Waals surface area contributed by atoms with E-state index in [1.54, 1.807) is 12.4 Å². The lowest BCUT2D eigenvalue weighted by molar-refractivity contribution is -0.121. The van der Waals surface area contributed by atoms with Crippen LogP contribution < -0.4 is 10.2 Å². The van der Waals surface area contributed by atoms with Gasteiger partial charge in [-0.15, -0.1) is 0 Å². The molecule has 0 unspecified atom stereocenters. The van der Waals surface area contributed by atoms with E-state index in [4.69, 9.17) is 0 Å². The first-order valence-electron chi connectivity index (χ1n) is 8.07. The SMILES string of the molecule is Cc1cccc(CC(=O)NC2CCN(c3ncccn3)CC2)c1. The minimum atomic E-state index is 0.102. The Hall–Kier alpha value is -2.43. The second-order valence-electron chi connectivity index (χ2n) is 6.04. The van der Waals surface area contributed by atoms with Gasteiger partial charge in [0.15, 0.2) is 0 Å². The van der Waals surface area contributed by atoms with Gasteiger partial charge in [-0.05, 0) is 31.4 Å². The van der Waals surface area contributed by atoms with E-state index in [0.717, 1.165) is 37.4 Å². The van der Waals surface area contributed by atoms with Crippen LogP contribution in [0.25, 0.3) is 0 Å². The molecule has 3 rings (SSSR count). The third kappa shape index (κ3) is 4.28. The van der Waals surface area contributed by atoms with E-state index in [2.05, 4.69) is 26.3 Å². The van der Waals surface area contributed by atoms with Crippen LogP contribution in [-0.4, -0.2) is 35.0 Å². The van der Waals surface area contributed by atoms with Crippen molar-refractivity contribution in [3.8, 4) is 0 Å². The van der Waals surface area contributed by atoms with Crippen LogP contribution in [0.1, 0.15) is 24.0 Å². The van der Waals surface area contributed by atoms with Crippen molar-refractivity contribution in [2.75, 3.05) is 18.0 Å². The number of anilines is 1. The van der Waals surface area contributed by atoms with Gasteiger partial charge in [-0.1, -0.05) is 29.8 Å². The molecule has 5 heteroatoms. The zero-order valence-electron chi connectivity index (χ0n) is 13.4. The van der Waals surface area contributed by atoms with Gasteiger partial charge < -0.3 is 10.2 Å². The molecule has 1 aromatic carbocycles. The zero-order valence-corrected chi connectivity index (χ0v) is 13.4. The first-order chi connectivity index (χ1) is 11.2. The molecule has 2 heterocycles. The van der Waals surface area contributed by atoms with E-state index in [-0.39, 0.29) is 11.9 Å². The summed E-state index contributed by atoms with van der Waals surface area (Å²) in [6.07, 6.45) is 5.83. The molecule has 2 aromatic rings. The molecule has 0 saturated carbocycles. The molecule has 23 heavy (non-hydrogen) atoms. The summed E-state index contributed by atoms with van der Waals surface area (Å²) in [4.78, 5) is 22.9. The van der Waals surface area contributed by atoms with E-state index < -0.39 is 0 Å². The lowest BCUT2D eigenvalue weighted by Crippen LogP contribution is -2.45. The molecule has 1 aliphatic heterocycles. The van der Waals surface area contributed by atoms with Crippen LogP contribution in [0.5, 0.6) is 0 Å². The van der Waals surface area contributed by atoms with Gasteiger partial charge >= 0.3 is 0 Å². The van der Waals surface area contributed by atoms with E-state index in [9.17, 15) is 4.79 Å². The number of piperidine rings is 1. The second kappa shape index (κ2) is 7.22. The van der Waals surface area contributed by atoms with Crippen LogP contribution in [-0.2, 0) is 11.2 Å².